The van der Waals surface area contributed by atoms with Crippen LogP contribution in [0.5, 0.6) is 0 Å². The Morgan fingerprint density at radius 2 is 1.87 bits per heavy atom. The molecular formula is C18H24N2O3. The van der Waals surface area contributed by atoms with E-state index in [1.807, 2.05) is 6.08 Å². The van der Waals surface area contributed by atoms with Gasteiger partial charge in [0.2, 0.25) is 0 Å². The molecule has 1 aliphatic rings. The summed E-state index contributed by atoms with van der Waals surface area (Å²) in [6, 6.07) is 6.19. The van der Waals surface area contributed by atoms with Crippen LogP contribution < -0.4 is 5.32 Å². The van der Waals surface area contributed by atoms with Gasteiger partial charge < -0.3 is 15.3 Å². The number of nitrogens with one attached hydrogen (secondary N) is 1. The van der Waals surface area contributed by atoms with Gasteiger partial charge in [-0.1, -0.05) is 18.2 Å². The average molecular weight is 316 g/mol. The predicted octanol–water partition coefficient (Wildman–Crippen LogP) is 4.01. The number of likely N-dealkylation sites (tertiary alicyclic amines) is 1. The highest BCUT2D eigenvalue weighted by Gasteiger charge is 2.23. The number of para-hydroxylation sites is 1. The Morgan fingerprint density at radius 1 is 1.26 bits per heavy atom. The molecule has 5 heteroatoms. The molecule has 0 aliphatic carbocycles. The lowest BCUT2D eigenvalue weighted by molar-refractivity contribution is 0.0698. The number of anilines is 1. The minimum atomic E-state index is -1.05. The first-order chi connectivity index (χ1) is 11.1. The normalized spacial score (nSPS) is 14.3. The Hall–Kier alpha value is -2.56. The van der Waals surface area contributed by atoms with Crippen molar-refractivity contribution in [1.82, 2.24) is 4.90 Å². The average Bonchev–Trinajstić information content (AvgIpc) is 2.58. The van der Waals surface area contributed by atoms with Crippen molar-refractivity contribution >= 4 is 17.7 Å². The molecule has 0 unspecified atom stereocenters. The molecule has 1 aromatic carbocycles. The van der Waals surface area contributed by atoms with Crippen molar-refractivity contribution in [2.45, 2.75) is 19.3 Å². The van der Waals surface area contributed by atoms with E-state index in [1.54, 1.807) is 23.1 Å². The molecule has 0 bridgehead atoms. The summed E-state index contributed by atoms with van der Waals surface area (Å²) in [6.07, 6.45) is 4.82. The van der Waals surface area contributed by atoms with Crippen molar-refractivity contribution in [3.63, 3.8) is 0 Å². The Balaban J connectivity index is 0.00000127. The van der Waals surface area contributed by atoms with E-state index in [1.165, 1.54) is 6.07 Å². The summed E-state index contributed by atoms with van der Waals surface area (Å²) >= 11 is 0. The summed E-state index contributed by atoms with van der Waals surface area (Å²) in [6.45, 7) is 11.1. The molecule has 0 atom stereocenters. The number of hydrogen-bond acceptors (Lipinski definition) is 2. The van der Waals surface area contributed by atoms with Crippen molar-refractivity contribution in [2.75, 3.05) is 18.4 Å². The van der Waals surface area contributed by atoms with Crippen LogP contribution in [-0.4, -0.2) is 35.1 Å². The van der Waals surface area contributed by atoms with Gasteiger partial charge in [0.05, 0.1) is 11.3 Å². The highest BCUT2D eigenvalue weighted by Crippen LogP contribution is 2.22. The third kappa shape index (κ3) is 5.29. The monoisotopic (exact) mass is 316 g/mol. The van der Waals surface area contributed by atoms with Gasteiger partial charge in [0, 0.05) is 13.1 Å². The van der Waals surface area contributed by atoms with Crippen LogP contribution >= 0.6 is 0 Å². The van der Waals surface area contributed by atoms with Gasteiger partial charge in [0.15, 0.2) is 0 Å². The van der Waals surface area contributed by atoms with Gasteiger partial charge in [-0.05, 0) is 37.3 Å². The second-order valence-electron chi connectivity index (χ2n) is 5.24. The van der Waals surface area contributed by atoms with Crippen LogP contribution in [0.3, 0.4) is 0 Å². The lowest BCUT2D eigenvalue weighted by atomic mass is 9.94. The molecule has 1 aliphatic heterocycles. The van der Waals surface area contributed by atoms with Crippen LogP contribution in [0.25, 0.3) is 0 Å². The van der Waals surface area contributed by atoms with Crippen molar-refractivity contribution < 1.29 is 14.7 Å². The van der Waals surface area contributed by atoms with Crippen LogP contribution in [0.2, 0.25) is 0 Å². The number of carbonyl (C=O) groups excluding carboxylic acids is 1. The molecule has 1 heterocycles. The summed E-state index contributed by atoms with van der Waals surface area (Å²) in [5, 5.41) is 11.8. The molecule has 0 aromatic heterocycles. The van der Waals surface area contributed by atoms with Gasteiger partial charge in [-0.3, -0.25) is 0 Å². The number of piperidine rings is 1. The van der Waals surface area contributed by atoms with E-state index in [4.69, 9.17) is 5.11 Å². The lowest BCUT2D eigenvalue weighted by Crippen LogP contribution is -2.41. The van der Waals surface area contributed by atoms with E-state index in [-0.39, 0.29) is 11.6 Å². The summed E-state index contributed by atoms with van der Waals surface area (Å²) in [4.78, 5) is 25.1. The minimum absolute atomic E-state index is 0.104. The number of benzene rings is 1. The Morgan fingerprint density at radius 3 is 2.43 bits per heavy atom. The van der Waals surface area contributed by atoms with Gasteiger partial charge in [0.25, 0.3) is 0 Å². The van der Waals surface area contributed by atoms with Gasteiger partial charge in [-0.15, -0.1) is 19.7 Å². The molecule has 1 aromatic rings. The van der Waals surface area contributed by atoms with Crippen LogP contribution in [0.1, 0.15) is 29.6 Å². The first-order valence-corrected chi connectivity index (χ1v) is 7.61. The Kier molecular flexibility index (Phi) is 7.60. The molecule has 5 nitrogen and oxygen atoms in total. The van der Waals surface area contributed by atoms with Gasteiger partial charge in [-0.2, -0.15) is 0 Å². The number of nitrogens with zero attached hydrogens (tertiary/aromatic N) is 1. The van der Waals surface area contributed by atoms with Crippen molar-refractivity contribution in [3.05, 3.63) is 55.6 Å². The number of urea groups is 1. The number of rotatable bonds is 4. The number of carbonyl (C=O) groups is 2. The highest BCUT2D eigenvalue weighted by molar-refractivity contribution is 5.99. The third-order valence-electron chi connectivity index (χ3n) is 3.80. The zero-order valence-corrected chi connectivity index (χ0v) is 13.3. The van der Waals surface area contributed by atoms with Crippen molar-refractivity contribution in [3.8, 4) is 0 Å². The number of allylic oxidation sites excluding steroid dienone is 1. The van der Waals surface area contributed by atoms with E-state index in [0.717, 1.165) is 19.3 Å². The largest absolute Gasteiger partial charge is 0.478 e. The lowest BCUT2D eigenvalue weighted by Gasteiger charge is -2.31. The van der Waals surface area contributed by atoms with Gasteiger partial charge in [-0.25, -0.2) is 9.59 Å². The molecule has 23 heavy (non-hydrogen) atoms. The zero-order chi connectivity index (χ0) is 17.2. The van der Waals surface area contributed by atoms with E-state index in [2.05, 4.69) is 25.1 Å². The van der Waals surface area contributed by atoms with Crippen LogP contribution in [-0.2, 0) is 0 Å². The molecule has 124 valence electrons. The minimum Gasteiger partial charge on any atom is -0.478 e. The Labute approximate surface area is 137 Å². The van der Waals surface area contributed by atoms with E-state index < -0.39 is 5.97 Å². The number of carboxylic acid groups (broad SMARTS) is 1. The number of aromatic carboxylic acids is 1. The number of hydrogen-bond donors (Lipinski definition) is 2. The molecule has 0 radical (unpaired) electrons. The maximum Gasteiger partial charge on any atom is 0.337 e. The number of carboxylic acids is 1. The summed E-state index contributed by atoms with van der Waals surface area (Å²) < 4.78 is 0. The molecule has 0 saturated carbocycles. The predicted molar refractivity (Wildman–Crippen MR) is 92.8 cm³/mol. The Bertz CT molecular complexity index is 549. The molecule has 2 N–H and O–H groups in total. The van der Waals surface area contributed by atoms with E-state index >= 15 is 0 Å². The van der Waals surface area contributed by atoms with Crippen molar-refractivity contribution in [1.29, 1.82) is 0 Å². The van der Waals surface area contributed by atoms with Crippen LogP contribution in [0.4, 0.5) is 10.5 Å². The van der Waals surface area contributed by atoms with E-state index in [0.29, 0.717) is 24.7 Å². The topological polar surface area (TPSA) is 69.6 Å². The molecule has 1 fully saturated rings. The quantitative estimate of drug-likeness (QED) is 0.825. The van der Waals surface area contributed by atoms with Crippen molar-refractivity contribution in [2.24, 2.45) is 5.92 Å². The zero-order valence-electron chi connectivity index (χ0n) is 13.3. The first-order valence-electron chi connectivity index (χ1n) is 7.61. The van der Waals surface area contributed by atoms with Gasteiger partial charge in [0.1, 0.15) is 0 Å². The fourth-order valence-corrected chi connectivity index (χ4v) is 2.58. The molecule has 1 saturated heterocycles. The molecule has 0 spiro atoms. The smallest absolute Gasteiger partial charge is 0.337 e. The molecular weight excluding hydrogens is 292 g/mol. The summed E-state index contributed by atoms with van der Waals surface area (Å²) in [7, 11) is 0. The first kappa shape index (κ1) is 18.5. The SMILES string of the molecule is C=C.C=CCC1CCN(C(=O)Nc2ccccc2C(=O)O)CC1. The second-order valence-corrected chi connectivity index (χ2v) is 5.24. The highest BCUT2D eigenvalue weighted by atomic mass is 16.4. The van der Waals surface area contributed by atoms with Gasteiger partial charge >= 0.3 is 12.0 Å². The molecule has 2 rings (SSSR count). The number of amides is 2. The van der Waals surface area contributed by atoms with Crippen LogP contribution in [0.15, 0.2) is 50.1 Å². The third-order valence-corrected chi connectivity index (χ3v) is 3.80. The summed E-state index contributed by atoms with van der Waals surface area (Å²) in [5.74, 6) is -0.451. The standard InChI is InChI=1S/C16H20N2O3.C2H4/c1-2-5-12-8-10-18(11-9-12)16(21)17-14-7-4-3-6-13(14)15(19)20;1-2/h2-4,6-7,12H,1,5,8-11H2,(H,17,21)(H,19,20);1-2H2. The maximum atomic E-state index is 12.2. The fraction of sp³-hybridized carbons (Fsp3) is 0.333. The molecule has 2 amide bonds. The maximum absolute atomic E-state index is 12.2. The van der Waals surface area contributed by atoms with Crippen LogP contribution in [0, 0.1) is 5.92 Å². The summed E-state index contributed by atoms with van der Waals surface area (Å²) in [5.41, 5.74) is 0.440. The fourth-order valence-electron chi connectivity index (χ4n) is 2.58. The second kappa shape index (κ2) is 9.46. The van der Waals surface area contributed by atoms with E-state index in [9.17, 15) is 9.59 Å².